The van der Waals surface area contributed by atoms with Gasteiger partial charge in [-0.05, 0) is 30.5 Å². The van der Waals surface area contributed by atoms with Crippen LogP contribution in [0.2, 0.25) is 0 Å². The molecule has 0 bridgehead atoms. The van der Waals surface area contributed by atoms with E-state index in [1.54, 1.807) is 48.2 Å². The predicted octanol–water partition coefficient (Wildman–Crippen LogP) is 3.71. The number of β-lactam (4-membered cyclic amide) rings is 1. The lowest BCUT2D eigenvalue weighted by atomic mass is 9.77. The topological polar surface area (TPSA) is 141 Å². The van der Waals surface area contributed by atoms with Gasteiger partial charge in [0.25, 0.3) is 11.6 Å². The number of nitrogens with zero attached hydrogens (tertiary/aromatic N) is 3. The van der Waals surface area contributed by atoms with Gasteiger partial charge in [0, 0.05) is 42.5 Å². The number of aliphatic hydroxyl groups excluding tert-OH is 1. The number of rotatable bonds is 9. The van der Waals surface area contributed by atoms with E-state index in [2.05, 4.69) is 0 Å². The summed E-state index contributed by atoms with van der Waals surface area (Å²) in [7, 11) is 0. The standard InChI is InChI=1S/C27H27N3O7S2/c1-2-20(31)21-24(33)29-22(25(34)35)26(39-27(21,29)14-16-8-10-18(11-9-16)30(36)37)38-19-12-13-28(15-19)23(32)17-6-4-3-5-7-17/h3-11,19-21,31H,2,12-15H2,1H3,(H,34,35)/t19-,20-,21+,27+/m0/s1. The van der Waals surface area contributed by atoms with E-state index in [0.29, 0.717) is 41.3 Å². The van der Waals surface area contributed by atoms with Crippen LogP contribution in [0.1, 0.15) is 35.7 Å². The van der Waals surface area contributed by atoms with Crippen LogP contribution in [0.15, 0.2) is 64.5 Å². The molecule has 12 heteroatoms. The van der Waals surface area contributed by atoms with Crippen LogP contribution in [0.25, 0.3) is 0 Å². The zero-order chi connectivity index (χ0) is 27.9. The molecule has 2 saturated heterocycles. The Morgan fingerprint density at radius 1 is 1.21 bits per heavy atom. The number of likely N-dealkylation sites (tertiary alicyclic amines) is 1. The summed E-state index contributed by atoms with van der Waals surface area (Å²) in [5.74, 6) is -2.58. The van der Waals surface area contributed by atoms with Crippen molar-refractivity contribution in [2.45, 2.75) is 42.4 Å². The Kier molecular flexibility index (Phi) is 7.45. The molecule has 2 aromatic carbocycles. The first-order chi connectivity index (χ1) is 18.7. The summed E-state index contributed by atoms with van der Waals surface area (Å²) >= 11 is 2.62. The number of carbonyl (C=O) groups excluding carboxylic acids is 2. The molecule has 0 unspecified atom stereocenters. The molecule has 0 spiro atoms. The third-order valence-electron chi connectivity index (χ3n) is 7.37. The fourth-order valence-electron chi connectivity index (χ4n) is 5.44. The fourth-order valence-corrected chi connectivity index (χ4v) is 9.04. The summed E-state index contributed by atoms with van der Waals surface area (Å²) in [6.07, 6.45) is 0.235. The van der Waals surface area contributed by atoms with Gasteiger partial charge < -0.3 is 15.1 Å². The Hall–Kier alpha value is -3.35. The number of fused-ring (bicyclic) bond motifs is 1. The lowest BCUT2D eigenvalue weighted by Gasteiger charge is -2.54. The van der Waals surface area contributed by atoms with Crippen LogP contribution in [0, 0.1) is 16.0 Å². The zero-order valence-electron chi connectivity index (χ0n) is 21.1. The number of nitro groups is 1. The first kappa shape index (κ1) is 27.2. The van der Waals surface area contributed by atoms with Crippen molar-refractivity contribution in [2.24, 2.45) is 5.92 Å². The minimum absolute atomic E-state index is 0.0608. The summed E-state index contributed by atoms with van der Waals surface area (Å²) < 4.78 is 0.475. The number of benzene rings is 2. The number of non-ortho nitro benzene ring substituents is 1. The van der Waals surface area contributed by atoms with Crippen molar-refractivity contribution in [1.29, 1.82) is 0 Å². The van der Waals surface area contributed by atoms with E-state index in [9.17, 15) is 34.7 Å². The SMILES string of the molecule is CC[C@H](O)[C@@H]1C(=O)N2C(C(=O)O)=C(S[C@H]3CCN(C(=O)c4ccccc4)C3)S[C@]12Cc1ccc([N+](=O)[O-])cc1. The van der Waals surface area contributed by atoms with Gasteiger partial charge in [-0.1, -0.05) is 49.0 Å². The van der Waals surface area contributed by atoms with Gasteiger partial charge in [0.15, 0.2) is 5.70 Å². The maximum Gasteiger partial charge on any atom is 0.354 e. The van der Waals surface area contributed by atoms with Crippen molar-refractivity contribution < 1.29 is 29.5 Å². The van der Waals surface area contributed by atoms with E-state index in [0.717, 1.165) is 0 Å². The van der Waals surface area contributed by atoms with Gasteiger partial charge >= 0.3 is 5.97 Å². The smallest absolute Gasteiger partial charge is 0.354 e. The minimum Gasteiger partial charge on any atom is -0.477 e. The number of nitro benzene ring substituents is 1. The van der Waals surface area contributed by atoms with Crippen LogP contribution in [-0.4, -0.2) is 72.0 Å². The number of aliphatic hydroxyl groups is 1. The van der Waals surface area contributed by atoms with Crippen molar-refractivity contribution >= 4 is 47.0 Å². The van der Waals surface area contributed by atoms with Crippen molar-refractivity contribution in [1.82, 2.24) is 9.80 Å². The molecule has 0 aliphatic carbocycles. The first-order valence-electron chi connectivity index (χ1n) is 12.6. The highest BCUT2D eigenvalue weighted by molar-refractivity contribution is 8.23. The second-order valence-electron chi connectivity index (χ2n) is 9.76. The third kappa shape index (κ3) is 4.81. The summed E-state index contributed by atoms with van der Waals surface area (Å²) in [6.45, 7) is 2.75. The molecule has 5 rings (SSSR count). The minimum atomic E-state index is -1.23. The Labute approximate surface area is 233 Å². The average Bonchev–Trinajstić information content (AvgIpc) is 3.50. The van der Waals surface area contributed by atoms with Crippen molar-refractivity contribution in [2.75, 3.05) is 13.1 Å². The second-order valence-corrected chi connectivity index (χ2v) is 12.6. The number of amides is 2. The highest BCUT2D eigenvalue weighted by Crippen LogP contribution is 2.63. The van der Waals surface area contributed by atoms with Crippen LogP contribution in [0.5, 0.6) is 0 Å². The lowest BCUT2D eigenvalue weighted by Crippen LogP contribution is -2.71. The third-order valence-corrected chi connectivity index (χ3v) is 10.4. The molecule has 3 aliphatic heterocycles. The number of carboxylic acid groups (broad SMARTS) is 1. The van der Waals surface area contributed by atoms with E-state index in [1.165, 1.54) is 40.6 Å². The summed E-state index contributed by atoms with van der Waals surface area (Å²) in [6, 6.07) is 14.9. The van der Waals surface area contributed by atoms with E-state index in [4.69, 9.17) is 0 Å². The molecule has 3 aliphatic rings. The number of carboxylic acids is 1. The molecule has 10 nitrogen and oxygen atoms in total. The molecular formula is C27H27N3O7S2. The number of hydrogen-bond acceptors (Lipinski definition) is 8. The summed E-state index contributed by atoms with van der Waals surface area (Å²) in [5, 5.41) is 32.0. The van der Waals surface area contributed by atoms with Gasteiger partial charge in [-0.25, -0.2) is 4.79 Å². The van der Waals surface area contributed by atoms with Crippen LogP contribution < -0.4 is 0 Å². The van der Waals surface area contributed by atoms with Gasteiger partial charge in [0.1, 0.15) is 4.87 Å². The van der Waals surface area contributed by atoms with Crippen LogP contribution >= 0.6 is 23.5 Å². The average molecular weight is 570 g/mol. The van der Waals surface area contributed by atoms with Crippen molar-refractivity contribution in [3.8, 4) is 0 Å². The monoisotopic (exact) mass is 569 g/mol. The van der Waals surface area contributed by atoms with Crippen molar-refractivity contribution in [3.05, 3.63) is 85.8 Å². The highest BCUT2D eigenvalue weighted by atomic mass is 32.2. The van der Waals surface area contributed by atoms with Gasteiger partial charge in [-0.15, -0.1) is 11.8 Å². The fraction of sp³-hybridized carbons (Fsp3) is 0.370. The van der Waals surface area contributed by atoms with E-state index >= 15 is 0 Å². The Bertz CT molecular complexity index is 1350. The molecule has 0 radical (unpaired) electrons. The number of aliphatic carboxylic acids is 1. The zero-order valence-corrected chi connectivity index (χ0v) is 22.7. The van der Waals surface area contributed by atoms with Crippen LogP contribution in [0.4, 0.5) is 5.69 Å². The predicted molar refractivity (Wildman–Crippen MR) is 147 cm³/mol. The normalized spacial score (nSPS) is 24.9. The molecule has 2 amide bonds. The number of hydrogen-bond donors (Lipinski definition) is 2. The Morgan fingerprint density at radius 2 is 1.90 bits per heavy atom. The number of thioether (sulfide) groups is 2. The van der Waals surface area contributed by atoms with E-state index in [1.807, 2.05) is 6.07 Å². The molecule has 39 heavy (non-hydrogen) atoms. The molecule has 3 heterocycles. The van der Waals surface area contributed by atoms with Gasteiger partial charge in [-0.3, -0.25) is 24.6 Å². The number of carbonyl (C=O) groups is 3. The second kappa shape index (κ2) is 10.7. The Morgan fingerprint density at radius 3 is 2.51 bits per heavy atom. The van der Waals surface area contributed by atoms with E-state index < -0.39 is 33.7 Å². The van der Waals surface area contributed by atoms with Gasteiger partial charge in [-0.2, -0.15) is 0 Å². The quantitative estimate of drug-likeness (QED) is 0.263. The molecule has 0 aromatic heterocycles. The maximum atomic E-state index is 13.3. The molecule has 2 N–H and O–H groups in total. The van der Waals surface area contributed by atoms with E-state index in [-0.39, 0.29) is 29.0 Å². The molecule has 4 atom stereocenters. The first-order valence-corrected chi connectivity index (χ1v) is 14.3. The van der Waals surface area contributed by atoms with Crippen LogP contribution in [0.3, 0.4) is 0 Å². The molecule has 2 fully saturated rings. The summed E-state index contributed by atoms with van der Waals surface area (Å²) in [4.78, 5) is 51.2. The van der Waals surface area contributed by atoms with Gasteiger partial charge in [0.2, 0.25) is 5.91 Å². The van der Waals surface area contributed by atoms with Crippen molar-refractivity contribution in [3.63, 3.8) is 0 Å². The molecular weight excluding hydrogens is 542 g/mol. The summed E-state index contributed by atoms with van der Waals surface area (Å²) in [5.41, 5.74) is 1.11. The largest absolute Gasteiger partial charge is 0.477 e. The molecule has 204 valence electrons. The highest BCUT2D eigenvalue weighted by Gasteiger charge is 2.68. The van der Waals surface area contributed by atoms with Crippen LogP contribution in [-0.2, 0) is 16.0 Å². The van der Waals surface area contributed by atoms with Gasteiger partial charge in [0.05, 0.1) is 21.2 Å². The molecule has 2 aromatic rings. The molecule has 0 saturated carbocycles. The Balaban J connectivity index is 1.40. The lowest BCUT2D eigenvalue weighted by molar-refractivity contribution is -0.384. The maximum absolute atomic E-state index is 13.3.